The van der Waals surface area contributed by atoms with Crippen molar-refractivity contribution in [2.24, 2.45) is 0 Å². The zero-order chi connectivity index (χ0) is 17.6. The summed E-state index contributed by atoms with van der Waals surface area (Å²) in [5.74, 6) is -0.783. The van der Waals surface area contributed by atoms with Crippen LogP contribution in [0.1, 0.15) is 46.1 Å². The van der Waals surface area contributed by atoms with Crippen LogP contribution in [0.5, 0.6) is 0 Å². The molecule has 1 N–H and O–H groups in total. The van der Waals surface area contributed by atoms with E-state index in [9.17, 15) is 9.90 Å². The van der Waals surface area contributed by atoms with E-state index in [-0.39, 0.29) is 11.2 Å². The van der Waals surface area contributed by atoms with Gasteiger partial charge in [0.15, 0.2) is 0 Å². The van der Waals surface area contributed by atoms with Gasteiger partial charge in [0, 0.05) is 13.2 Å². The predicted molar refractivity (Wildman–Crippen MR) is 91.5 cm³/mol. The zero-order valence-electron chi connectivity index (χ0n) is 14.8. The Morgan fingerprint density at radius 3 is 1.96 bits per heavy atom. The summed E-state index contributed by atoms with van der Waals surface area (Å²) in [6.07, 6.45) is 0.996. The summed E-state index contributed by atoms with van der Waals surface area (Å²) in [7, 11) is -0.431. The first-order chi connectivity index (χ1) is 11.2. The maximum atomic E-state index is 11.9. The summed E-state index contributed by atoms with van der Waals surface area (Å²) in [6, 6.07) is 7.61. The van der Waals surface area contributed by atoms with E-state index in [1.54, 1.807) is 0 Å². The van der Waals surface area contributed by atoms with Gasteiger partial charge in [-0.15, -0.1) is 0 Å². The first-order valence-electron chi connectivity index (χ1n) is 8.45. The molecule has 5 nitrogen and oxygen atoms in total. The van der Waals surface area contributed by atoms with Crippen molar-refractivity contribution in [2.75, 3.05) is 13.2 Å². The van der Waals surface area contributed by atoms with Crippen molar-refractivity contribution < 1.29 is 23.9 Å². The number of benzene rings is 1. The Bertz CT molecular complexity index is 601. The molecule has 2 saturated heterocycles. The second kappa shape index (κ2) is 5.86. The lowest BCUT2D eigenvalue weighted by molar-refractivity contribution is -0.147. The Morgan fingerprint density at radius 1 is 1.00 bits per heavy atom. The molecule has 0 radical (unpaired) electrons. The molecule has 3 rings (SSSR count). The molecule has 1 aromatic rings. The van der Waals surface area contributed by atoms with Crippen LogP contribution in [0.15, 0.2) is 24.3 Å². The fourth-order valence-electron chi connectivity index (χ4n) is 3.28. The van der Waals surface area contributed by atoms with Crippen LogP contribution < -0.4 is 5.46 Å². The van der Waals surface area contributed by atoms with Crippen LogP contribution >= 0.6 is 0 Å². The van der Waals surface area contributed by atoms with E-state index < -0.39 is 18.5 Å². The van der Waals surface area contributed by atoms with E-state index in [0.29, 0.717) is 26.1 Å². The molecule has 24 heavy (non-hydrogen) atoms. The molecule has 0 aliphatic carbocycles. The standard InChI is InChI=1S/C18H25BO5/c1-16(2)17(3,4)24-19(23-16)14-7-5-13(6-8-14)18(15(20)21)9-11-22-12-10-18/h5-8H,9-12H2,1-4H3,(H,20,21). The Labute approximate surface area is 143 Å². The summed E-state index contributed by atoms with van der Waals surface area (Å²) < 4.78 is 17.4. The second-order valence-corrected chi connectivity index (χ2v) is 7.71. The number of carboxylic acid groups (broad SMARTS) is 1. The van der Waals surface area contributed by atoms with Gasteiger partial charge in [0.05, 0.1) is 16.6 Å². The quantitative estimate of drug-likeness (QED) is 0.859. The van der Waals surface area contributed by atoms with Gasteiger partial charge in [-0.2, -0.15) is 0 Å². The number of aliphatic carboxylic acids is 1. The average Bonchev–Trinajstić information content (AvgIpc) is 2.76. The third-order valence-corrected chi connectivity index (χ3v) is 5.74. The van der Waals surface area contributed by atoms with Gasteiger partial charge in [-0.3, -0.25) is 4.79 Å². The Balaban J connectivity index is 1.85. The predicted octanol–water partition coefficient (Wildman–Crippen LogP) is 2.12. The van der Waals surface area contributed by atoms with Gasteiger partial charge in [-0.1, -0.05) is 24.3 Å². The summed E-state index contributed by atoms with van der Waals surface area (Å²) in [6.45, 7) is 9.02. The summed E-state index contributed by atoms with van der Waals surface area (Å²) >= 11 is 0. The van der Waals surface area contributed by atoms with Crippen LogP contribution in [0.4, 0.5) is 0 Å². The Kier molecular flexibility index (Phi) is 4.27. The molecular weight excluding hydrogens is 307 g/mol. The number of hydrogen-bond acceptors (Lipinski definition) is 4. The monoisotopic (exact) mass is 332 g/mol. The molecule has 0 saturated carbocycles. The Hall–Kier alpha value is -1.37. The zero-order valence-corrected chi connectivity index (χ0v) is 14.8. The average molecular weight is 332 g/mol. The molecule has 2 fully saturated rings. The highest BCUT2D eigenvalue weighted by Gasteiger charge is 2.51. The van der Waals surface area contributed by atoms with Crippen molar-refractivity contribution in [3.8, 4) is 0 Å². The van der Waals surface area contributed by atoms with Gasteiger partial charge < -0.3 is 19.2 Å². The van der Waals surface area contributed by atoms with Crippen LogP contribution in [0.25, 0.3) is 0 Å². The molecule has 0 aromatic heterocycles. The van der Waals surface area contributed by atoms with Gasteiger partial charge in [0.2, 0.25) is 0 Å². The topological polar surface area (TPSA) is 65.0 Å². The molecule has 1 aromatic carbocycles. The van der Waals surface area contributed by atoms with Gasteiger partial charge in [0.1, 0.15) is 0 Å². The fraction of sp³-hybridized carbons (Fsp3) is 0.611. The molecule has 0 unspecified atom stereocenters. The number of carbonyl (C=O) groups is 1. The number of rotatable bonds is 3. The highest BCUT2D eigenvalue weighted by Crippen LogP contribution is 2.37. The van der Waals surface area contributed by atoms with Crippen LogP contribution in [-0.2, 0) is 24.3 Å². The van der Waals surface area contributed by atoms with Gasteiger partial charge >= 0.3 is 13.1 Å². The van der Waals surface area contributed by atoms with E-state index in [1.165, 1.54) is 0 Å². The van der Waals surface area contributed by atoms with Gasteiger partial charge in [-0.25, -0.2) is 0 Å². The maximum Gasteiger partial charge on any atom is 0.494 e. The lowest BCUT2D eigenvalue weighted by Gasteiger charge is -2.33. The van der Waals surface area contributed by atoms with E-state index >= 15 is 0 Å². The van der Waals surface area contributed by atoms with Crippen molar-refractivity contribution in [1.82, 2.24) is 0 Å². The minimum atomic E-state index is -0.854. The third kappa shape index (κ3) is 2.77. The molecule has 0 spiro atoms. The van der Waals surface area contributed by atoms with E-state index in [0.717, 1.165) is 11.0 Å². The lowest BCUT2D eigenvalue weighted by atomic mass is 9.72. The molecule has 0 bridgehead atoms. The highest BCUT2D eigenvalue weighted by atomic mass is 16.7. The normalized spacial score (nSPS) is 24.8. The van der Waals surface area contributed by atoms with Crippen molar-refractivity contribution in [2.45, 2.75) is 57.2 Å². The maximum absolute atomic E-state index is 11.9. The number of hydrogen-bond donors (Lipinski definition) is 1. The largest absolute Gasteiger partial charge is 0.494 e. The first kappa shape index (κ1) is 17.5. The minimum absolute atomic E-state index is 0.390. The van der Waals surface area contributed by atoms with Gasteiger partial charge in [0.25, 0.3) is 0 Å². The fourth-order valence-corrected chi connectivity index (χ4v) is 3.28. The third-order valence-electron chi connectivity index (χ3n) is 5.74. The smallest absolute Gasteiger partial charge is 0.481 e. The molecule has 2 heterocycles. The number of carboxylic acids is 1. The van der Waals surface area contributed by atoms with E-state index in [2.05, 4.69) is 0 Å². The van der Waals surface area contributed by atoms with Crippen LogP contribution in [0.2, 0.25) is 0 Å². The summed E-state index contributed by atoms with van der Waals surface area (Å²) in [4.78, 5) is 11.9. The van der Waals surface area contributed by atoms with Crippen LogP contribution in [0.3, 0.4) is 0 Å². The van der Waals surface area contributed by atoms with Crippen molar-refractivity contribution >= 4 is 18.6 Å². The highest BCUT2D eigenvalue weighted by molar-refractivity contribution is 6.62. The number of ether oxygens (including phenoxy) is 1. The molecule has 6 heteroatoms. The van der Waals surface area contributed by atoms with Crippen LogP contribution in [0, 0.1) is 0 Å². The van der Waals surface area contributed by atoms with Crippen molar-refractivity contribution in [3.05, 3.63) is 29.8 Å². The minimum Gasteiger partial charge on any atom is -0.481 e. The first-order valence-corrected chi connectivity index (χ1v) is 8.45. The summed E-state index contributed by atoms with van der Waals surface area (Å²) in [5, 5.41) is 9.76. The molecule has 130 valence electrons. The molecule has 2 aliphatic heterocycles. The molecular formula is C18H25BO5. The second-order valence-electron chi connectivity index (χ2n) is 7.71. The van der Waals surface area contributed by atoms with Crippen molar-refractivity contribution in [1.29, 1.82) is 0 Å². The molecule has 0 atom stereocenters. The van der Waals surface area contributed by atoms with Crippen molar-refractivity contribution in [3.63, 3.8) is 0 Å². The molecule has 2 aliphatic rings. The van der Waals surface area contributed by atoms with E-state index in [4.69, 9.17) is 14.0 Å². The molecule has 0 amide bonds. The summed E-state index contributed by atoms with van der Waals surface area (Å²) in [5.41, 5.74) is 0.0920. The van der Waals surface area contributed by atoms with E-state index in [1.807, 2.05) is 52.0 Å². The Morgan fingerprint density at radius 2 is 1.50 bits per heavy atom. The van der Waals surface area contributed by atoms with Gasteiger partial charge in [-0.05, 0) is 51.6 Å². The SMILES string of the molecule is CC1(C)OB(c2ccc(C3(C(=O)O)CCOCC3)cc2)OC1(C)C. The lowest BCUT2D eigenvalue weighted by Crippen LogP contribution is -2.42. The van der Waals surface area contributed by atoms with Crippen LogP contribution in [-0.4, -0.2) is 42.6 Å².